The molecule has 0 bridgehead atoms. The molecule has 1 rings (SSSR count). The fraction of sp³-hybridized carbons (Fsp3) is 1.00. The average molecular weight is 168 g/mol. The summed E-state index contributed by atoms with van der Waals surface area (Å²) in [4.78, 5) is 0. The minimum absolute atomic E-state index is 0.997. The van der Waals surface area contributed by atoms with Gasteiger partial charge < -0.3 is 0 Å². The Bertz CT molecular complexity index is 107. The first kappa shape index (κ1) is 10.1. The highest BCUT2D eigenvalue weighted by Crippen LogP contribution is 2.26. The Morgan fingerprint density at radius 1 is 0.917 bits per heavy atom. The predicted octanol–water partition coefficient (Wildman–Crippen LogP) is 4.39. The monoisotopic (exact) mass is 168 g/mol. The molecule has 0 heteroatoms. The van der Waals surface area contributed by atoms with Crippen LogP contribution >= 0.6 is 0 Å². The summed E-state index contributed by atoms with van der Waals surface area (Å²) in [5.41, 5.74) is 0. The molecule has 0 aromatic rings. The van der Waals surface area contributed by atoms with Gasteiger partial charge in [-0.25, -0.2) is 0 Å². The van der Waals surface area contributed by atoms with E-state index in [1.807, 2.05) is 0 Å². The highest BCUT2D eigenvalue weighted by molar-refractivity contribution is 4.64. The molecule has 0 aliphatic heterocycles. The van der Waals surface area contributed by atoms with Crippen LogP contribution in [0, 0.1) is 11.8 Å². The summed E-state index contributed by atoms with van der Waals surface area (Å²) in [6.45, 7) is 4.78. The van der Waals surface area contributed by atoms with E-state index in [0.717, 1.165) is 11.8 Å². The van der Waals surface area contributed by atoms with Crippen LogP contribution in [0.4, 0.5) is 0 Å². The molecule has 1 saturated carbocycles. The molecule has 72 valence electrons. The van der Waals surface area contributed by atoms with E-state index >= 15 is 0 Å². The van der Waals surface area contributed by atoms with Crippen molar-refractivity contribution in [1.82, 2.24) is 0 Å². The third-order valence-corrected chi connectivity index (χ3v) is 3.45. The van der Waals surface area contributed by atoms with E-state index in [1.54, 1.807) is 0 Å². The van der Waals surface area contributed by atoms with Crippen LogP contribution in [-0.4, -0.2) is 0 Å². The molecule has 0 radical (unpaired) electrons. The normalized spacial score (nSPS) is 33.5. The zero-order chi connectivity index (χ0) is 8.81. The molecule has 2 atom stereocenters. The Morgan fingerprint density at radius 2 is 1.67 bits per heavy atom. The van der Waals surface area contributed by atoms with E-state index in [2.05, 4.69) is 13.8 Å². The van der Waals surface area contributed by atoms with Crippen molar-refractivity contribution in [1.29, 1.82) is 0 Å². The van der Waals surface area contributed by atoms with Gasteiger partial charge in [0.05, 0.1) is 0 Å². The van der Waals surface area contributed by atoms with Crippen molar-refractivity contribution in [2.75, 3.05) is 0 Å². The summed E-state index contributed by atoms with van der Waals surface area (Å²) in [5, 5.41) is 0. The first-order valence-corrected chi connectivity index (χ1v) is 5.83. The van der Waals surface area contributed by atoms with Gasteiger partial charge in [-0.05, 0) is 11.8 Å². The molecule has 0 amide bonds. The molecule has 0 heterocycles. The maximum absolute atomic E-state index is 2.43. The van der Waals surface area contributed by atoms with Gasteiger partial charge in [0.1, 0.15) is 0 Å². The molecule has 1 aliphatic rings. The van der Waals surface area contributed by atoms with E-state index in [0.29, 0.717) is 0 Å². The van der Waals surface area contributed by atoms with E-state index in [1.165, 1.54) is 51.4 Å². The molecule has 0 aromatic heterocycles. The molecule has 0 nitrogen and oxygen atoms in total. The molecule has 2 unspecified atom stereocenters. The molecule has 0 saturated heterocycles. The summed E-state index contributed by atoms with van der Waals surface area (Å²) in [5.74, 6) is 2.04. The average Bonchev–Trinajstić information content (AvgIpc) is 2.17. The lowest BCUT2D eigenvalue weighted by molar-refractivity contribution is 0.384. The van der Waals surface area contributed by atoms with E-state index in [-0.39, 0.29) is 0 Å². The lowest BCUT2D eigenvalue weighted by Gasteiger charge is -2.14. The van der Waals surface area contributed by atoms with Gasteiger partial charge >= 0.3 is 0 Å². The first-order valence-electron chi connectivity index (χ1n) is 5.83. The van der Waals surface area contributed by atoms with Gasteiger partial charge in [0, 0.05) is 0 Å². The number of hydrogen-bond acceptors (Lipinski definition) is 0. The molecular formula is C12H24. The van der Waals surface area contributed by atoms with Crippen molar-refractivity contribution in [3.8, 4) is 0 Å². The Kier molecular flexibility index (Phi) is 4.72. The Morgan fingerprint density at radius 3 is 2.42 bits per heavy atom. The standard InChI is InChI=1S/C12H24/c1-3-12-8-6-4-5-7-11(2)9-10-12/h11-12H,3-10H2,1-2H3. The van der Waals surface area contributed by atoms with Crippen molar-refractivity contribution in [2.24, 2.45) is 11.8 Å². The van der Waals surface area contributed by atoms with Gasteiger partial charge in [0.2, 0.25) is 0 Å². The molecule has 1 fully saturated rings. The van der Waals surface area contributed by atoms with Gasteiger partial charge in [-0.3, -0.25) is 0 Å². The maximum Gasteiger partial charge on any atom is -0.0417 e. The van der Waals surface area contributed by atoms with E-state index < -0.39 is 0 Å². The van der Waals surface area contributed by atoms with Crippen LogP contribution in [0.15, 0.2) is 0 Å². The summed E-state index contributed by atoms with van der Waals surface area (Å²) in [6, 6.07) is 0. The van der Waals surface area contributed by atoms with Crippen LogP contribution in [0.5, 0.6) is 0 Å². The highest BCUT2D eigenvalue weighted by atomic mass is 14.2. The van der Waals surface area contributed by atoms with Gasteiger partial charge in [-0.1, -0.05) is 65.2 Å². The van der Waals surface area contributed by atoms with Gasteiger partial charge in [0.25, 0.3) is 0 Å². The van der Waals surface area contributed by atoms with Crippen LogP contribution in [0.25, 0.3) is 0 Å². The summed E-state index contributed by atoms with van der Waals surface area (Å²) in [7, 11) is 0. The van der Waals surface area contributed by atoms with Crippen molar-refractivity contribution in [3.05, 3.63) is 0 Å². The molecule has 1 aliphatic carbocycles. The zero-order valence-electron chi connectivity index (χ0n) is 8.81. The second-order valence-electron chi connectivity index (χ2n) is 4.59. The lowest BCUT2D eigenvalue weighted by atomic mass is 9.92. The van der Waals surface area contributed by atoms with Crippen LogP contribution in [0.2, 0.25) is 0 Å². The third-order valence-electron chi connectivity index (χ3n) is 3.45. The first-order chi connectivity index (χ1) is 5.83. The quantitative estimate of drug-likeness (QED) is 0.544. The summed E-state index contributed by atoms with van der Waals surface area (Å²) >= 11 is 0. The second kappa shape index (κ2) is 5.61. The molecule has 0 spiro atoms. The topological polar surface area (TPSA) is 0 Å². The lowest BCUT2D eigenvalue weighted by Crippen LogP contribution is -2.00. The third kappa shape index (κ3) is 3.60. The Hall–Kier alpha value is 0. The van der Waals surface area contributed by atoms with Gasteiger partial charge in [0.15, 0.2) is 0 Å². The Labute approximate surface area is 77.7 Å². The largest absolute Gasteiger partial charge is 0.0651 e. The minimum atomic E-state index is 0.997. The fourth-order valence-electron chi connectivity index (χ4n) is 2.32. The smallest absolute Gasteiger partial charge is 0.0417 e. The van der Waals surface area contributed by atoms with Gasteiger partial charge in [-0.15, -0.1) is 0 Å². The molecular weight excluding hydrogens is 144 g/mol. The number of hydrogen-bond donors (Lipinski definition) is 0. The van der Waals surface area contributed by atoms with Crippen LogP contribution in [-0.2, 0) is 0 Å². The second-order valence-corrected chi connectivity index (χ2v) is 4.59. The molecule has 0 N–H and O–H groups in total. The number of rotatable bonds is 1. The summed E-state index contributed by atoms with van der Waals surface area (Å²) < 4.78 is 0. The summed E-state index contributed by atoms with van der Waals surface area (Å²) in [6.07, 6.45) is 11.8. The molecule has 12 heavy (non-hydrogen) atoms. The zero-order valence-corrected chi connectivity index (χ0v) is 8.81. The van der Waals surface area contributed by atoms with Crippen molar-refractivity contribution < 1.29 is 0 Å². The maximum atomic E-state index is 2.43. The van der Waals surface area contributed by atoms with Crippen molar-refractivity contribution in [2.45, 2.75) is 65.2 Å². The molecule has 0 aromatic carbocycles. The van der Waals surface area contributed by atoms with Crippen LogP contribution in [0.3, 0.4) is 0 Å². The van der Waals surface area contributed by atoms with Crippen molar-refractivity contribution >= 4 is 0 Å². The highest BCUT2D eigenvalue weighted by Gasteiger charge is 2.11. The van der Waals surface area contributed by atoms with E-state index in [4.69, 9.17) is 0 Å². The SMILES string of the molecule is CCC1CCCCCC(C)CC1. The minimum Gasteiger partial charge on any atom is -0.0651 e. The van der Waals surface area contributed by atoms with E-state index in [9.17, 15) is 0 Å². The fourth-order valence-corrected chi connectivity index (χ4v) is 2.32. The predicted molar refractivity (Wildman–Crippen MR) is 55.3 cm³/mol. The van der Waals surface area contributed by atoms with Crippen LogP contribution < -0.4 is 0 Å². The van der Waals surface area contributed by atoms with Crippen LogP contribution in [0.1, 0.15) is 65.2 Å². The Balaban J connectivity index is 2.29. The van der Waals surface area contributed by atoms with Crippen molar-refractivity contribution in [3.63, 3.8) is 0 Å². The van der Waals surface area contributed by atoms with Gasteiger partial charge in [-0.2, -0.15) is 0 Å².